The number of morpholine rings is 1. The molecule has 2 N–H and O–H groups in total. The molecular formula is C17H27N5O3S. The molecule has 0 unspecified atom stereocenters. The van der Waals surface area contributed by atoms with E-state index in [1.807, 2.05) is 0 Å². The summed E-state index contributed by atoms with van der Waals surface area (Å²) < 4.78 is 5.36. The lowest BCUT2D eigenvalue weighted by Gasteiger charge is -2.26. The second-order valence-electron chi connectivity index (χ2n) is 5.89. The zero-order chi connectivity index (χ0) is 18.6. The highest BCUT2D eigenvalue weighted by Crippen LogP contribution is 2.12. The number of thioether (sulfide) groups is 1. The van der Waals surface area contributed by atoms with Gasteiger partial charge in [-0.25, -0.2) is 4.99 Å². The number of nitrogens with zero attached hydrogens (tertiary/aromatic N) is 3. The average Bonchev–Trinajstić information content (AvgIpc) is 2.67. The molecule has 1 aromatic carbocycles. The maximum absolute atomic E-state index is 10.7. The number of rotatable bonds is 9. The van der Waals surface area contributed by atoms with E-state index >= 15 is 0 Å². The molecule has 0 spiro atoms. The lowest BCUT2D eigenvalue weighted by atomic mass is 10.2. The monoisotopic (exact) mass is 381 g/mol. The first-order valence-corrected chi connectivity index (χ1v) is 10.1. The van der Waals surface area contributed by atoms with Gasteiger partial charge in [0.1, 0.15) is 0 Å². The molecule has 1 saturated heterocycles. The van der Waals surface area contributed by atoms with Crippen LogP contribution in [0.15, 0.2) is 29.3 Å². The first kappa shape index (κ1) is 20.5. The quantitative estimate of drug-likeness (QED) is 0.219. The average molecular weight is 382 g/mol. The van der Waals surface area contributed by atoms with Crippen LogP contribution in [0.4, 0.5) is 5.69 Å². The van der Waals surface area contributed by atoms with Gasteiger partial charge in [-0.3, -0.25) is 15.0 Å². The van der Waals surface area contributed by atoms with E-state index in [4.69, 9.17) is 4.74 Å². The third kappa shape index (κ3) is 7.59. The number of hydrogen-bond donors (Lipinski definition) is 2. The first-order valence-electron chi connectivity index (χ1n) is 8.73. The Labute approximate surface area is 158 Å². The van der Waals surface area contributed by atoms with Crippen LogP contribution in [0, 0.1) is 10.1 Å². The second kappa shape index (κ2) is 11.7. The minimum Gasteiger partial charge on any atom is -0.379 e. The maximum atomic E-state index is 10.7. The number of nitro groups is 1. The van der Waals surface area contributed by atoms with Crippen LogP contribution in [0.3, 0.4) is 0 Å². The van der Waals surface area contributed by atoms with E-state index in [1.54, 1.807) is 23.9 Å². The predicted molar refractivity (Wildman–Crippen MR) is 106 cm³/mol. The molecule has 0 bridgehead atoms. The van der Waals surface area contributed by atoms with Gasteiger partial charge >= 0.3 is 0 Å². The van der Waals surface area contributed by atoms with Crippen molar-refractivity contribution in [2.24, 2.45) is 4.99 Å². The van der Waals surface area contributed by atoms with Gasteiger partial charge in [0.05, 0.1) is 24.7 Å². The molecule has 144 valence electrons. The molecule has 0 aromatic heterocycles. The van der Waals surface area contributed by atoms with E-state index in [0.29, 0.717) is 6.54 Å². The zero-order valence-electron chi connectivity index (χ0n) is 15.1. The summed E-state index contributed by atoms with van der Waals surface area (Å²) in [6.45, 7) is 6.61. The van der Waals surface area contributed by atoms with Crippen LogP contribution in [0.5, 0.6) is 0 Å². The van der Waals surface area contributed by atoms with Crippen molar-refractivity contribution < 1.29 is 9.66 Å². The number of aliphatic imine (C=N–C) groups is 1. The molecule has 0 radical (unpaired) electrons. The summed E-state index contributed by atoms with van der Waals surface area (Å²) in [5.74, 6) is 1.77. The van der Waals surface area contributed by atoms with E-state index in [1.165, 1.54) is 12.1 Å². The van der Waals surface area contributed by atoms with Crippen molar-refractivity contribution in [2.45, 2.75) is 6.54 Å². The van der Waals surface area contributed by atoms with E-state index < -0.39 is 4.92 Å². The second-order valence-corrected chi connectivity index (χ2v) is 6.87. The lowest BCUT2D eigenvalue weighted by Crippen LogP contribution is -2.44. The highest BCUT2D eigenvalue weighted by atomic mass is 32.2. The Balaban J connectivity index is 1.84. The fourth-order valence-corrected chi connectivity index (χ4v) is 2.80. The molecule has 1 heterocycles. The van der Waals surface area contributed by atoms with Crippen molar-refractivity contribution >= 4 is 23.4 Å². The van der Waals surface area contributed by atoms with E-state index in [2.05, 4.69) is 26.8 Å². The third-order valence-electron chi connectivity index (χ3n) is 3.99. The molecule has 0 saturated carbocycles. The molecule has 2 rings (SSSR count). The Morgan fingerprint density at radius 3 is 2.62 bits per heavy atom. The molecule has 0 atom stereocenters. The molecule has 8 nitrogen and oxygen atoms in total. The number of nitro benzene ring substituents is 1. The smallest absolute Gasteiger partial charge is 0.269 e. The Kier molecular flexibility index (Phi) is 9.22. The summed E-state index contributed by atoms with van der Waals surface area (Å²) in [4.78, 5) is 17.3. The van der Waals surface area contributed by atoms with Gasteiger partial charge in [0, 0.05) is 50.6 Å². The first-order chi connectivity index (χ1) is 12.7. The van der Waals surface area contributed by atoms with Crippen LogP contribution in [0.2, 0.25) is 0 Å². The highest BCUT2D eigenvalue weighted by Gasteiger charge is 2.10. The molecule has 0 aliphatic carbocycles. The zero-order valence-corrected chi connectivity index (χ0v) is 16.0. The fraction of sp³-hybridized carbons (Fsp3) is 0.588. The fourth-order valence-electron chi connectivity index (χ4n) is 2.50. The van der Waals surface area contributed by atoms with E-state index in [-0.39, 0.29) is 5.69 Å². The molecule has 1 aromatic rings. The van der Waals surface area contributed by atoms with Crippen LogP contribution in [0.1, 0.15) is 5.56 Å². The molecule has 9 heteroatoms. The van der Waals surface area contributed by atoms with Gasteiger partial charge < -0.3 is 15.4 Å². The van der Waals surface area contributed by atoms with Crippen molar-refractivity contribution in [3.8, 4) is 0 Å². The standard InChI is InChI=1S/C17H27N5O3S/c1-26-13-7-19-17(18-6-8-21-9-11-25-12-10-21)20-14-15-2-4-16(5-3-15)22(23)24/h2-5H,6-14H2,1H3,(H2,18,19,20). The van der Waals surface area contributed by atoms with Crippen molar-refractivity contribution in [3.63, 3.8) is 0 Å². The van der Waals surface area contributed by atoms with E-state index in [9.17, 15) is 10.1 Å². The Bertz CT molecular complexity index is 576. The van der Waals surface area contributed by atoms with Crippen molar-refractivity contribution in [1.82, 2.24) is 15.5 Å². The number of ether oxygens (including phenoxy) is 1. The summed E-state index contributed by atoms with van der Waals surface area (Å²) in [5.41, 5.74) is 1.04. The number of nitrogens with one attached hydrogen (secondary N) is 2. The van der Waals surface area contributed by atoms with Crippen LogP contribution < -0.4 is 10.6 Å². The van der Waals surface area contributed by atoms with Gasteiger partial charge in [0.25, 0.3) is 5.69 Å². The molecule has 1 aliphatic heterocycles. The number of benzene rings is 1. The number of hydrogen-bond acceptors (Lipinski definition) is 6. The topological polar surface area (TPSA) is 92.0 Å². The predicted octanol–water partition coefficient (Wildman–Crippen LogP) is 1.33. The molecular weight excluding hydrogens is 354 g/mol. The summed E-state index contributed by atoms with van der Waals surface area (Å²) in [5, 5.41) is 17.4. The van der Waals surface area contributed by atoms with Gasteiger partial charge in [0.2, 0.25) is 0 Å². The van der Waals surface area contributed by atoms with Gasteiger partial charge in [-0.15, -0.1) is 0 Å². The van der Waals surface area contributed by atoms with Crippen molar-refractivity contribution in [1.29, 1.82) is 0 Å². The normalized spacial score (nSPS) is 15.7. The summed E-state index contributed by atoms with van der Waals surface area (Å²) in [6, 6.07) is 6.51. The van der Waals surface area contributed by atoms with Crippen LogP contribution in [0.25, 0.3) is 0 Å². The minimum atomic E-state index is -0.393. The third-order valence-corrected chi connectivity index (χ3v) is 4.60. The van der Waals surface area contributed by atoms with Gasteiger partial charge in [-0.1, -0.05) is 12.1 Å². The van der Waals surface area contributed by atoms with Gasteiger partial charge in [0.15, 0.2) is 5.96 Å². The van der Waals surface area contributed by atoms with Gasteiger partial charge in [-0.05, 0) is 11.8 Å². The van der Waals surface area contributed by atoms with Gasteiger partial charge in [-0.2, -0.15) is 11.8 Å². The number of non-ortho nitro benzene ring substituents is 1. The molecule has 1 aliphatic rings. The van der Waals surface area contributed by atoms with E-state index in [0.717, 1.165) is 63.2 Å². The molecule has 26 heavy (non-hydrogen) atoms. The SMILES string of the molecule is CSCCNC(=NCc1ccc([N+](=O)[O-])cc1)NCCN1CCOCC1. The van der Waals surface area contributed by atoms with Crippen LogP contribution >= 0.6 is 11.8 Å². The Hall–Kier alpha value is -1.84. The molecule has 0 amide bonds. The largest absolute Gasteiger partial charge is 0.379 e. The van der Waals surface area contributed by atoms with Crippen molar-refractivity contribution in [3.05, 3.63) is 39.9 Å². The summed E-state index contributed by atoms with van der Waals surface area (Å²) >= 11 is 1.78. The lowest BCUT2D eigenvalue weighted by molar-refractivity contribution is -0.384. The number of guanidine groups is 1. The Morgan fingerprint density at radius 2 is 1.96 bits per heavy atom. The Morgan fingerprint density at radius 1 is 1.27 bits per heavy atom. The minimum absolute atomic E-state index is 0.0969. The maximum Gasteiger partial charge on any atom is 0.269 e. The van der Waals surface area contributed by atoms with Crippen LogP contribution in [-0.4, -0.2) is 73.7 Å². The molecule has 1 fully saturated rings. The summed E-state index contributed by atoms with van der Waals surface area (Å²) in [6.07, 6.45) is 2.07. The summed E-state index contributed by atoms with van der Waals surface area (Å²) in [7, 11) is 0. The van der Waals surface area contributed by atoms with Crippen molar-refractivity contribution in [2.75, 3.05) is 57.9 Å². The van der Waals surface area contributed by atoms with Crippen LogP contribution in [-0.2, 0) is 11.3 Å². The highest BCUT2D eigenvalue weighted by molar-refractivity contribution is 7.98.